The molecule has 1 rings (SSSR count). The fourth-order valence-electron chi connectivity index (χ4n) is 1.47. The molecule has 1 amide bonds. The molecule has 0 unspecified atom stereocenters. The summed E-state index contributed by atoms with van der Waals surface area (Å²) >= 11 is 0. The van der Waals surface area contributed by atoms with Crippen LogP contribution in [0, 0.1) is 0 Å². The van der Waals surface area contributed by atoms with Gasteiger partial charge < -0.3 is 15.4 Å². The van der Waals surface area contributed by atoms with Gasteiger partial charge in [-0.1, -0.05) is 0 Å². The lowest BCUT2D eigenvalue weighted by atomic mass is 10.1. The van der Waals surface area contributed by atoms with E-state index in [0.717, 1.165) is 0 Å². The van der Waals surface area contributed by atoms with Crippen molar-refractivity contribution in [2.75, 3.05) is 13.1 Å². The van der Waals surface area contributed by atoms with Crippen LogP contribution in [0.1, 0.15) is 27.2 Å². The molecule has 88 valence electrons. The zero-order chi connectivity index (χ0) is 11.5. The third kappa shape index (κ3) is 4.97. The summed E-state index contributed by atoms with van der Waals surface area (Å²) in [7, 11) is 0. The van der Waals surface area contributed by atoms with Gasteiger partial charge in [0.15, 0.2) is 0 Å². The molecule has 0 saturated carbocycles. The van der Waals surface area contributed by atoms with Gasteiger partial charge in [0.05, 0.1) is 0 Å². The first kappa shape index (κ1) is 12.2. The SMILES string of the molecule is CC(C)(C)OC(=O)N[C@@H]1CNC[C@@H](F)C1. The van der Waals surface area contributed by atoms with Crippen molar-refractivity contribution in [2.45, 2.75) is 45.0 Å². The number of nitrogens with one attached hydrogen (secondary N) is 2. The highest BCUT2D eigenvalue weighted by molar-refractivity contribution is 5.68. The Morgan fingerprint density at radius 2 is 2.13 bits per heavy atom. The first-order valence-electron chi connectivity index (χ1n) is 5.21. The molecule has 2 atom stereocenters. The lowest BCUT2D eigenvalue weighted by Crippen LogP contribution is -2.50. The number of hydrogen-bond donors (Lipinski definition) is 2. The molecule has 1 fully saturated rings. The number of alkyl halides is 1. The van der Waals surface area contributed by atoms with E-state index in [1.165, 1.54) is 0 Å². The van der Waals surface area contributed by atoms with Crippen LogP contribution in [0.3, 0.4) is 0 Å². The van der Waals surface area contributed by atoms with Crippen molar-refractivity contribution in [1.29, 1.82) is 0 Å². The molecule has 0 aromatic carbocycles. The van der Waals surface area contributed by atoms with Crippen molar-refractivity contribution in [1.82, 2.24) is 10.6 Å². The van der Waals surface area contributed by atoms with Crippen LogP contribution in [0.4, 0.5) is 9.18 Å². The van der Waals surface area contributed by atoms with Gasteiger partial charge >= 0.3 is 6.09 Å². The van der Waals surface area contributed by atoms with E-state index in [0.29, 0.717) is 19.5 Å². The lowest BCUT2D eigenvalue weighted by molar-refractivity contribution is 0.0486. The van der Waals surface area contributed by atoms with Gasteiger partial charge in [0, 0.05) is 25.6 Å². The van der Waals surface area contributed by atoms with E-state index in [2.05, 4.69) is 10.6 Å². The van der Waals surface area contributed by atoms with Crippen LogP contribution in [-0.2, 0) is 4.74 Å². The number of carbonyl (C=O) groups excluding carboxylic acids is 1. The van der Waals surface area contributed by atoms with Crippen LogP contribution in [0.5, 0.6) is 0 Å². The minimum atomic E-state index is -0.890. The van der Waals surface area contributed by atoms with Crippen LogP contribution in [0.2, 0.25) is 0 Å². The monoisotopic (exact) mass is 218 g/mol. The Hall–Kier alpha value is -0.840. The minimum Gasteiger partial charge on any atom is -0.444 e. The van der Waals surface area contributed by atoms with Gasteiger partial charge in [0.1, 0.15) is 11.8 Å². The second-order valence-electron chi connectivity index (χ2n) is 4.83. The molecule has 1 aliphatic heterocycles. The lowest BCUT2D eigenvalue weighted by Gasteiger charge is -2.28. The summed E-state index contributed by atoms with van der Waals surface area (Å²) in [6, 6.07) is -0.177. The summed E-state index contributed by atoms with van der Waals surface area (Å²) in [4.78, 5) is 11.4. The van der Waals surface area contributed by atoms with Gasteiger partial charge in [0.25, 0.3) is 0 Å². The van der Waals surface area contributed by atoms with E-state index in [9.17, 15) is 9.18 Å². The zero-order valence-corrected chi connectivity index (χ0v) is 9.47. The Morgan fingerprint density at radius 3 is 2.67 bits per heavy atom. The Balaban J connectivity index is 2.31. The molecule has 0 bridgehead atoms. The maximum atomic E-state index is 13.0. The number of carbonyl (C=O) groups is 1. The molecule has 1 saturated heterocycles. The van der Waals surface area contributed by atoms with E-state index in [-0.39, 0.29) is 6.04 Å². The van der Waals surface area contributed by atoms with Crippen molar-refractivity contribution >= 4 is 6.09 Å². The number of alkyl carbamates (subject to hydrolysis) is 1. The first-order valence-corrected chi connectivity index (χ1v) is 5.21. The van der Waals surface area contributed by atoms with Gasteiger partial charge in [0.2, 0.25) is 0 Å². The van der Waals surface area contributed by atoms with Crippen molar-refractivity contribution in [3.63, 3.8) is 0 Å². The number of amides is 1. The Bertz CT molecular complexity index is 228. The Kier molecular flexibility index (Phi) is 3.90. The van der Waals surface area contributed by atoms with E-state index in [4.69, 9.17) is 4.74 Å². The largest absolute Gasteiger partial charge is 0.444 e. The van der Waals surface area contributed by atoms with Gasteiger partial charge in [-0.05, 0) is 20.8 Å². The van der Waals surface area contributed by atoms with Gasteiger partial charge in [-0.25, -0.2) is 9.18 Å². The van der Waals surface area contributed by atoms with Crippen LogP contribution >= 0.6 is 0 Å². The second kappa shape index (κ2) is 4.79. The second-order valence-corrected chi connectivity index (χ2v) is 4.83. The summed E-state index contributed by atoms with van der Waals surface area (Å²) in [6.07, 6.45) is -1.02. The summed E-state index contributed by atoms with van der Waals surface area (Å²) in [5.41, 5.74) is -0.513. The molecule has 5 heteroatoms. The highest BCUT2D eigenvalue weighted by Gasteiger charge is 2.24. The predicted molar refractivity (Wildman–Crippen MR) is 55.5 cm³/mol. The minimum absolute atomic E-state index is 0.177. The normalized spacial score (nSPS) is 27.2. The third-order valence-corrected chi connectivity index (χ3v) is 2.02. The van der Waals surface area contributed by atoms with E-state index >= 15 is 0 Å². The number of hydrogen-bond acceptors (Lipinski definition) is 3. The molecule has 0 aromatic rings. The standard InChI is InChI=1S/C10H19FN2O2/c1-10(2,3)15-9(14)13-8-4-7(11)5-12-6-8/h7-8,12H,4-6H2,1-3H3,(H,13,14)/t7-,8-/m0/s1. The number of ether oxygens (including phenoxy) is 1. The molecule has 0 radical (unpaired) electrons. The average molecular weight is 218 g/mol. The van der Waals surface area contributed by atoms with Gasteiger partial charge in [-0.2, -0.15) is 0 Å². The zero-order valence-electron chi connectivity index (χ0n) is 9.47. The summed E-state index contributed by atoms with van der Waals surface area (Å²) < 4.78 is 18.0. The highest BCUT2D eigenvalue weighted by atomic mass is 19.1. The number of halogens is 1. The van der Waals surface area contributed by atoms with Crippen molar-refractivity contribution in [3.8, 4) is 0 Å². The van der Waals surface area contributed by atoms with Crippen LogP contribution in [0.15, 0.2) is 0 Å². The molecule has 0 spiro atoms. The summed E-state index contributed by atoms with van der Waals surface area (Å²) in [5.74, 6) is 0. The molecular weight excluding hydrogens is 199 g/mol. The van der Waals surface area contributed by atoms with Crippen LogP contribution in [-0.4, -0.2) is 37.0 Å². The maximum Gasteiger partial charge on any atom is 0.407 e. The summed E-state index contributed by atoms with van der Waals surface area (Å²) in [6.45, 7) is 6.35. The number of rotatable bonds is 1. The van der Waals surface area contributed by atoms with Gasteiger partial charge in [-0.15, -0.1) is 0 Å². The molecule has 2 N–H and O–H groups in total. The fraction of sp³-hybridized carbons (Fsp3) is 0.900. The average Bonchev–Trinajstić information content (AvgIpc) is 1.99. The molecule has 0 aromatic heterocycles. The fourth-order valence-corrected chi connectivity index (χ4v) is 1.47. The van der Waals surface area contributed by atoms with Crippen molar-refractivity contribution in [2.24, 2.45) is 0 Å². The first-order chi connectivity index (χ1) is 6.87. The molecule has 4 nitrogen and oxygen atoms in total. The van der Waals surface area contributed by atoms with Crippen LogP contribution in [0.25, 0.3) is 0 Å². The number of piperidine rings is 1. The van der Waals surface area contributed by atoms with Crippen molar-refractivity contribution < 1.29 is 13.9 Å². The van der Waals surface area contributed by atoms with E-state index in [1.807, 2.05) is 0 Å². The quantitative estimate of drug-likeness (QED) is 0.695. The smallest absolute Gasteiger partial charge is 0.407 e. The maximum absolute atomic E-state index is 13.0. The topological polar surface area (TPSA) is 50.4 Å². The predicted octanol–water partition coefficient (Wildman–Crippen LogP) is 1.21. The Morgan fingerprint density at radius 1 is 1.47 bits per heavy atom. The molecule has 1 heterocycles. The molecular formula is C10H19FN2O2. The van der Waals surface area contributed by atoms with E-state index in [1.54, 1.807) is 20.8 Å². The Labute approximate surface area is 89.6 Å². The molecule has 0 aliphatic carbocycles. The van der Waals surface area contributed by atoms with Crippen LogP contribution < -0.4 is 10.6 Å². The van der Waals surface area contributed by atoms with E-state index < -0.39 is 17.9 Å². The highest BCUT2D eigenvalue weighted by Crippen LogP contribution is 2.09. The third-order valence-electron chi connectivity index (χ3n) is 2.02. The molecule has 15 heavy (non-hydrogen) atoms. The van der Waals surface area contributed by atoms with Crippen molar-refractivity contribution in [3.05, 3.63) is 0 Å². The molecule has 1 aliphatic rings. The summed E-state index contributed by atoms with van der Waals surface area (Å²) in [5, 5.41) is 5.55. The van der Waals surface area contributed by atoms with Gasteiger partial charge in [-0.3, -0.25) is 0 Å².